The highest BCUT2D eigenvalue weighted by Crippen LogP contribution is 2.53. The van der Waals surface area contributed by atoms with E-state index in [0.29, 0.717) is 22.3 Å². The van der Waals surface area contributed by atoms with E-state index in [9.17, 15) is 13.7 Å². The molecule has 0 spiro atoms. The van der Waals surface area contributed by atoms with E-state index in [-0.39, 0.29) is 63.8 Å². The number of hydrogen-bond donors (Lipinski definition) is 0. The zero-order valence-corrected chi connectivity index (χ0v) is 70.1. The summed E-state index contributed by atoms with van der Waals surface area (Å²) in [5.74, 6) is 0. The first-order valence-corrected chi connectivity index (χ1v) is 45.3. The van der Waals surface area contributed by atoms with Crippen LogP contribution in [0.3, 0.4) is 0 Å². The average Bonchev–Trinajstić information content (AvgIpc) is 0.685. The molecule has 18 aromatic rings. The molecule has 5 heteroatoms. The van der Waals surface area contributed by atoms with Crippen LogP contribution in [0.2, 0.25) is 0 Å². The van der Waals surface area contributed by atoms with E-state index in [2.05, 4.69) is 324 Å². The summed E-state index contributed by atoms with van der Waals surface area (Å²) >= 11 is 0. The van der Waals surface area contributed by atoms with Crippen molar-refractivity contribution >= 4 is 115 Å². The van der Waals surface area contributed by atoms with Crippen molar-refractivity contribution in [3.8, 4) is 77.9 Å². The molecule has 0 atom stereocenters. The Labute approximate surface area is 736 Å². The molecule has 0 amide bonds. The van der Waals surface area contributed by atoms with Gasteiger partial charge in [-0.3, -0.25) is 0 Å². The zero-order valence-electron chi connectivity index (χ0n) is 83.1. The van der Waals surface area contributed by atoms with Gasteiger partial charge in [-0.25, -0.2) is 0 Å². The molecule has 0 fully saturated rings. The van der Waals surface area contributed by atoms with Gasteiger partial charge in [0.2, 0.25) is 0 Å². The fraction of sp³-hybridized carbons (Fsp3) is 0.0690. The van der Waals surface area contributed by atoms with Crippen molar-refractivity contribution in [2.24, 2.45) is 0 Å². The molecule has 0 aliphatic carbocycles. The second-order valence-electron chi connectivity index (χ2n) is 33.5. The smallest absolute Gasteiger partial charge is 0.252 e. The molecule has 121 heavy (non-hydrogen) atoms. The SMILES string of the molecule is [2H]c1c([2H])c([2H])c(-c2cccc([Si](c3ccccc3)(c3ccccc3)c3cc(-c4cc5c6c(c4)N(c4c(-c7ccccc7)cccc4-c4ccccc4)c4cc(C(C)(C)C)ccc4B6c4cc(C(C)(C)C)ccc4N5c4ccc(-c5c([2H])c([2H])c([2H])c([2H])c5[2H])cc4-c4ccccc4)cc([Si](c4ccccc4)(c4ccccc4)c4cccc(-c5c([2H])c([2H])c([2H])c([2H])c5[2H])c4)c3)c2)c([2H])c1[2H]. The summed E-state index contributed by atoms with van der Waals surface area (Å²) in [5, 5.41) is 7.30. The highest BCUT2D eigenvalue weighted by atomic mass is 28.3. The third-order valence-electron chi connectivity index (χ3n) is 24.5. The molecule has 18 aromatic carbocycles. The number of nitrogens with zero attached hydrogens (tertiary/aromatic N) is 2. The molecule has 0 saturated carbocycles. The molecule has 2 aliphatic heterocycles. The van der Waals surface area contributed by atoms with Gasteiger partial charge in [0.25, 0.3) is 6.71 Å². The van der Waals surface area contributed by atoms with Crippen molar-refractivity contribution in [1.82, 2.24) is 0 Å². The van der Waals surface area contributed by atoms with Crippen LogP contribution in [-0.2, 0) is 10.8 Å². The van der Waals surface area contributed by atoms with Gasteiger partial charge in [-0.15, -0.1) is 0 Å². The number of hydrogen-bond acceptors (Lipinski definition) is 2. The monoisotopic (exact) mass is 1600 g/mol. The Morgan fingerprint density at radius 1 is 0.223 bits per heavy atom. The highest BCUT2D eigenvalue weighted by molar-refractivity contribution is 7.22. The highest BCUT2D eigenvalue weighted by Gasteiger charge is 2.49. The number of anilines is 6. The fourth-order valence-electron chi connectivity index (χ4n) is 18.8. The van der Waals surface area contributed by atoms with Crippen molar-refractivity contribution in [3.63, 3.8) is 0 Å². The third-order valence-corrected chi connectivity index (χ3v) is 33.9. The predicted molar refractivity (Wildman–Crippen MR) is 523 cm³/mol. The number of fused-ring (bicyclic) bond motifs is 4. The minimum Gasteiger partial charge on any atom is -0.311 e. The molecule has 0 bridgehead atoms. The molecular formula is C116H93BN2Si2. The van der Waals surface area contributed by atoms with E-state index in [1.807, 2.05) is 91.0 Å². The van der Waals surface area contributed by atoms with Crippen LogP contribution >= 0.6 is 0 Å². The Hall–Kier alpha value is -13.9. The van der Waals surface area contributed by atoms with Gasteiger partial charge in [-0.05, 0) is 177 Å². The first kappa shape index (κ1) is 60.5. The van der Waals surface area contributed by atoms with Crippen molar-refractivity contribution in [2.45, 2.75) is 52.4 Å². The van der Waals surface area contributed by atoms with Gasteiger partial charge in [0, 0.05) is 39.4 Å². The van der Waals surface area contributed by atoms with Gasteiger partial charge in [0.05, 0.1) is 31.9 Å². The molecular weight excluding hydrogens is 1490 g/mol. The predicted octanol–water partition coefficient (Wildman–Crippen LogP) is 22.8. The molecule has 0 N–H and O–H groups in total. The molecule has 2 heterocycles. The Morgan fingerprint density at radius 3 is 1.01 bits per heavy atom. The van der Waals surface area contributed by atoms with Crippen LogP contribution in [0.1, 0.15) is 73.2 Å². The summed E-state index contributed by atoms with van der Waals surface area (Å²) in [7, 11) is -8.28. The lowest BCUT2D eigenvalue weighted by Crippen LogP contribution is -2.78. The van der Waals surface area contributed by atoms with Gasteiger partial charge < -0.3 is 9.80 Å². The summed E-state index contributed by atoms with van der Waals surface area (Å²) in [4.78, 5) is 4.95. The van der Waals surface area contributed by atoms with E-state index >= 15 is 0 Å². The van der Waals surface area contributed by atoms with E-state index in [4.69, 9.17) is 6.85 Å². The maximum atomic E-state index is 9.69. The van der Waals surface area contributed by atoms with Crippen LogP contribution in [0, 0.1) is 0 Å². The van der Waals surface area contributed by atoms with E-state index < -0.39 is 77.2 Å². The van der Waals surface area contributed by atoms with Gasteiger partial charge in [-0.1, -0.05) is 460 Å². The summed E-state index contributed by atoms with van der Waals surface area (Å²) in [5.41, 5.74) is 18.1. The van der Waals surface area contributed by atoms with Gasteiger partial charge in [0.1, 0.15) is 0 Å². The second-order valence-corrected chi connectivity index (χ2v) is 41.2. The van der Waals surface area contributed by atoms with E-state index in [1.54, 1.807) is 0 Å². The summed E-state index contributed by atoms with van der Waals surface area (Å²) < 4.78 is 140. The average molecular weight is 1600 g/mol. The standard InChI is InChI=1S/C116H93BN2Si2/c1-115(2,3)93-68-71-109-107(79-93)117-106-69-67-94(116(4,5)6)80-110(106)119(114-103(85-46-23-10-24-47-85)64-39-65-104(114)86-48-25-11-26-49-86)112-78-92(77-111(113(112)117)118(109)108-70-66-90(84-44-21-9-22-45-84)76-105(108)87-50-27-12-28-51-87)91-74-101(120(95-54-29-13-30-55-95,96-56-31-14-32-57-96)99-62-37-52-88(72-99)82-40-17-7-18-41-82)81-102(75-91)121(97-58-33-15-34-59-97,98-60-35-16-36-61-98)100-63-38-53-89(73-100)83-42-19-8-20-43-83/h7-81H,1-6H3/i7D,8D,9D,17D,18D,19D,20D,21D,22D,40D,41D,42D,43D,44D,45D. The van der Waals surface area contributed by atoms with Crippen LogP contribution in [0.25, 0.3) is 77.9 Å². The normalized spacial score (nSPS) is 14.2. The minimum atomic E-state index is -4.14. The van der Waals surface area contributed by atoms with Crippen LogP contribution in [-0.4, -0.2) is 22.9 Å². The molecule has 20 rings (SSSR count). The van der Waals surface area contributed by atoms with Crippen LogP contribution < -0.4 is 67.7 Å². The minimum absolute atomic E-state index is 0.0520. The topological polar surface area (TPSA) is 6.48 Å². The van der Waals surface area contributed by atoms with Crippen molar-refractivity contribution in [1.29, 1.82) is 0 Å². The second kappa shape index (κ2) is 31.4. The lowest BCUT2D eigenvalue weighted by Gasteiger charge is -2.46. The maximum Gasteiger partial charge on any atom is 0.252 e. The number of para-hydroxylation sites is 1. The van der Waals surface area contributed by atoms with Crippen molar-refractivity contribution in [2.75, 3.05) is 9.80 Å². The van der Waals surface area contributed by atoms with Crippen LogP contribution in [0.4, 0.5) is 34.1 Å². The molecule has 2 aliphatic rings. The summed E-state index contributed by atoms with van der Waals surface area (Å²) in [6, 6.07) is 122. The molecule has 2 nitrogen and oxygen atoms in total. The van der Waals surface area contributed by atoms with Crippen molar-refractivity contribution < 1.29 is 20.6 Å². The molecule has 578 valence electrons. The summed E-state index contributed by atoms with van der Waals surface area (Å²) in [6.45, 7) is 13.1. The van der Waals surface area contributed by atoms with Crippen molar-refractivity contribution in [3.05, 3.63) is 466 Å². The van der Waals surface area contributed by atoms with Crippen LogP contribution in [0.15, 0.2) is 455 Å². The fourth-order valence-corrected chi connectivity index (χ4v) is 28.6. The third kappa shape index (κ3) is 13.6. The maximum absolute atomic E-state index is 9.69. The van der Waals surface area contributed by atoms with Gasteiger partial charge in [-0.2, -0.15) is 0 Å². The molecule has 0 unspecified atom stereocenters. The zero-order chi connectivity index (χ0) is 94.9. The summed E-state index contributed by atoms with van der Waals surface area (Å²) in [6.07, 6.45) is 0. The van der Waals surface area contributed by atoms with Gasteiger partial charge >= 0.3 is 0 Å². The molecule has 0 saturated heterocycles. The Bertz CT molecular complexity index is 7380. The quantitative estimate of drug-likeness (QED) is 0.0662. The number of rotatable bonds is 17. The molecule has 0 radical (unpaired) electrons. The largest absolute Gasteiger partial charge is 0.311 e. The van der Waals surface area contributed by atoms with Gasteiger partial charge in [0.15, 0.2) is 16.1 Å². The van der Waals surface area contributed by atoms with Crippen LogP contribution in [0.5, 0.6) is 0 Å². The Morgan fingerprint density at radius 2 is 0.570 bits per heavy atom. The lowest BCUT2D eigenvalue weighted by molar-refractivity contribution is 0.590. The number of benzene rings is 18. The Kier molecular flexibility index (Phi) is 15.7. The molecule has 0 aromatic heterocycles. The lowest BCUT2D eigenvalue weighted by atomic mass is 9.33. The van der Waals surface area contributed by atoms with E-state index in [1.165, 1.54) is 0 Å². The Balaban J connectivity index is 1.02. The first-order valence-electron chi connectivity index (χ1n) is 48.8. The first-order chi connectivity index (χ1) is 65.5. The van der Waals surface area contributed by atoms with E-state index in [0.717, 1.165) is 142 Å².